The highest BCUT2D eigenvalue weighted by molar-refractivity contribution is 9.10. The van der Waals surface area contributed by atoms with E-state index in [1.165, 1.54) is 0 Å². The zero-order valence-electron chi connectivity index (χ0n) is 15.0. The number of carbonyl (C=O) groups is 3. The van der Waals surface area contributed by atoms with Crippen molar-refractivity contribution in [1.82, 2.24) is 4.90 Å². The van der Waals surface area contributed by atoms with Crippen LogP contribution in [0.5, 0.6) is 0 Å². The quantitative estimate of drug-likeness (QED) is 0.586. The van der Waals surface area contributed by atoms with E-state index in [-0.39, 0.29) is 13.0 Å². The molecule has 142 valence electrons. The number of Topliss-reactive ketones (excluding diaryl/α,β-unsaturated/α-hetero) is 1. The van der Waals surface area contributed by atoms with Crippen LogP contribution in [-0.2, 0) is 14.3 Å². The summed E-state index contributed by atoms with van der Waals surface area (Å²) in [6.07, 6.45) is -0.350. The molecule has 0 bridgehead atoms. The van der Waals surface area contributed by atoms with Crippen molar-refractivity contribution in [1.29, 1.82) is 0 Å². The normalized spacial score (nSPS) is 20.0. The zero-order chi connectivity index (χ0) is 19.5. The highest BCUT2D eigenvalue weighted by Crippen LogP contribution is 2.30. The summed E-state index contributed by atoms with van der Waals surface area (Å²) >= 11 is 3.27. The maximum atomic E-state index is 12.4. The molecule has 1 saturated heterocycles. The summed E-state index contributed by atoms with van der Waals surface area (Å²) in [5.41, 5.74) is -2.51. The number of esters is 1. The third kappa shape index (κ3) is 4.82. The van der Waals surface area contributed by atoms with E-state index in [0.29, 0.717) is 12.0 Å². The Kier molecular flexibility index (Phi) is 6.08. The summed E-state index contributed by atoms with van der Waals surface area (Å²) in [6, 6.07) is 6.59. The zero-order valence-corrected chi connectivity index (χ0v) is 16.5. The van der Waals surface area contributed by atoms with E-state index in [4.69, 9.17) is 9.47 Å². The topological polar surface area (TPSA) is 93.1 Å². The highest BCUT2D eigenvalue weighted by Gasteiger charge is 2.51. The Morgan fingerprint density at radius 3 is 2.42 bits per heavy atom. The average molecular weight is 428 g/mol. The van der Waals surface area contributed by atoms with Crippen LogP contribution in [0.3, 0.4) is 0 Å². The first-order valence-electron chi connectivity index (χ1n) is 8.22. The summed E-state index contributed by atoms with van der Waals surface area (Å²) in [5.74, 6) is -1.44. The molecule has 1 aromatic carbocycles. The van der Waals surface area contributed by atoms with E-state index in [2.05, 4.69) is 15.9 Å². The lowest BCUT2D eigenvalue weighted by Crippen LogP contribution is -2.55. The Labute approximate surface area is 160 Å². The molecule has 2 rings (SSSR count). The van der Waals surface area contributed by atoms with Crippen LogP contribution in [-0.4, -0.2) is 52.3 Å². The molecule has 0 aliphatic carbocycles. The van der Waals surface area contributed by atoms with Crippen LogP contribution in [0, 0.1) is 0 Å². The molecule has 0 saturated carbocycles. The van der Waals surface area contributed by atoms with Gasteiger partial charge in [0.25, 0.3) is 0 Å². The van der Waals surface area contributed by atoms with Crippen LogP contribution in [0.4, 0.5) is 4.79 Å². The van der Waals surface area contributed by atoms with Crippen LogP contribution in [0.25, 0.3) is 0 Å². The summed E-state index contributed by atoms with van der Waals surface area (Å²) in [4.78, 5) is 37.6. The van der Waals surface area contributed by atoms with Crippen molar-refractivity contribution in [2.75, 3.05) is 13.2 Å². The molecular weight excluding hydrogens is 406 g/mol. The van der Waals surface area contributed by atoms with Gasteiger partial charge in [-0.1, -0.05) is 28.1 Å². The van der Waals surface area contributed by atoms with Crippen molar-refractivity contribution >= 4 is 33.8 Å². The van der Waals surface area contributed by atoms with Crippen LogP contribution >= 0.6 is 15.9 Å². The SMILES string of the molecule is CC(C)(C)OC(=O)N1CCCC1(O)C(=O)OCC(=O)c1ccc(Br)cc1. The van der Waals surface area contributed by atoms with Gasteiger partial charge in [0.05, 0.1) is 0 Å². The number of carbonyl (C=O) groups excluding carboxylic acids is 3. The number of rotatable bonds is 4. The van der Waals surface area contributed by atoms with E-state index in [1.54, 1.807) is 45.0 Å². The molecule has 1 aliphatic rings. The first-order valence-corrected chi connectivity index (χ1v) is 9.01. The smallest absolute Gasteiger partial charge is 0.413 e. The molecule has 1 fully saturated rings. The van der Waals surface area contributed by atoms with Crippen molar-refractivity contribution in [2.45, 2.75) is 44.9 Å². The minimum atomic E-state index is -2.12. The molecule has 1 heterocycles. The fourth-order valence-corrected chi connectivity index (χ4v) is 2.81. The summed E-state index contributed by atoms with van der Waals surface area (Å²) in [6.45, 7) is 4.71. The molecule has 1 atom stereocenters. The second kappa shape index (κ2) is 7.75. The second-order valence-electron chi connectivity index (χ2n) is 7.06. The van der Waals surface area contributed by atoms with Gasteiger partial charge in [0.2, 0.25) is 5.72 Å². The molecule has 1 aromatic rings. The number of halogens is 1. The third-order valence-electron chi connectivity index (χ3n) is 3.79. The molecule has 0 spiro atoms. The van der Waals surface area contributed by atoms with Gasteiger partial charge in [0.15, 0.2) is 12.4 Å². The standard InChI is InChI=1S/C18H22BrNO6/c1-17(2,3)26-16(23)20-10-4-9-18(20,24)15(22)25-11-14(21)12-5-7-13(19)8-6-12/h5-8,24H,4,9-11H2,1-3H3. The highest BCUT2D eigenvalue weighted by atomic mass is 79.9. The predicted octanol–water partition coefficient (Wildman–Crippen LogP) is 2.89. The first-order chi connectivity index (χ1) is 12.0. The third-order valence-corrected chi connectivity index (χ3v) is 4.32. The first kappa shape index (κ1) is 20.4. The Hall–Kier alpha value is -1.93. The van der Waals surface area contributed by atoms with Gasteiger partial charge in [0, 0.05) is 23.0 Å². The monoisotopic (exact) mass is 427 g/mol. The van der Waals surface area contributed by atoms with E-state index < -0.39 is 35.8 Å². The lowest BCUT2D eigenvalue weighted by Gasteiger charge is -2.32. The maximum absolute atomic E-state index is 12.4. The van der Waals surface area contributed by atoms with E-state index in [9.17, 15) is 19.5 Å². The predicted molar refractivity (Wildman–Crippen MR) is 96.6 cm³/mol. The van der Waals surface area contributed by atoms with Crippen molar-refractivity contribution in [3.05, 3.63) is 34.3 Å². The Morgan fingerprint density at radius 1 is 1.23 bits per heavy atom. The minimum absolute atomic E-state index is 0.0253. The summed E-state index contributed by atoms with van der Waals surface area (Å²) in [5, 5.41) is 10.6. The maximum Gasteiger partial charge on any atom is 0.413 e. The van der Waals surface area contributed by atoms with Crippen LogP contribution < -0.4 is 0 Å². The molecule has 8 heteroatoms. The van der Waals surface area contributed by atoms with Crippen LogP contribution in [0.15, 0.2) is 28.7 Å². The number of hydrogen-bond donors (Lipinski definition) is 1. The van der Waals surface area contributed by atoms with Gasteiger partial charge in [-0.3, -0.25) is 9.69 Å². The number of ether oxygens (including phenoxy) is 2. The fourth-order valence-electron chi connectivity index (χ4n) is 2.54. The minimum Gasteiger partial charge on any atom is -0.454 e. The van der Waals surface area contributed by atoms with Crippen molar-refractivity contribution in [3.63, 3.8) is 0 Å². The van der Waals surface area contributed by atoms with Gasteiger partial charge < -0.3 is 14.6 Å². The second-order valence-corrected chi connectivity index (χ2v) is 7.97. The van der Waals surface area contributed by atoms with Crippen LogP contribution in [0.2, 0.25) is 0 Å². The molecule has 1 amide bonds. The van der Waals surface area contributed by atoms with Crippen molar-refractivity contribution < 1.29 is 29.0 Å². The number of amides is 1. The molecule has 0 radical (unpaired) electrons. The molecule has 1 aliphatic heterocycles. The largest absolute Gasteiger partial charge is 0.454 e. The van der Waals surface area contributed by atoms with Gasteiger partial charge >= 0.3 is 12.1 Å². The number of nitrogens with zero attached hydrogens (tertiary/aromatic N) is 1. The average Bonchev–Trinajstić information content (AvgIpc) is 2.94. The van der Waals surface area contributed by atoms with Crippen molar-refractivity contribution in [2.24, 2.45) is 0 Å². The molecule has 7 nitrogen and oxygen atoms in total. The summed E-state index contributed by atoms with van der Waals surface area (Å²) in [7, 11) is 0. The number of likely N-dealkylation sites (tertiary alicyclic amines) is 1. The molecule has 26 heavy (non-hydrogen) atoms. The molecular formula is C18H22BrNO6. The van der Waals surface area contributed by atoms with Crippen LogP contribution in [0.1, 0.15) is 44.0 Å². The number of ketones is 1. The van der Waals surface area contributed by atoms with Gasteiger partial charge in [-0.05, 0) is 39.3 Å². The van der Waals surface area contributed by atoms with E-state index in [0.717, 1.165) is 9.37 Å². The lowest BCUT2D eigenvalue weighted by molar-refractivity contribution is -0.179. The molecule has 1 N–H and O–H groups in total. The van der Waals surface area contributed by atoms with E-state index >= 15 is 0 Å². The van der Waals surface area contributed by atoms with Gasteiger partial charge in [-0.15, -0.1) is 0 Å². The van der Waals surface area contributed by atoms with Gasteiger partial charge in [-0.25, -0.2) is 9.59 Å². The fraction of sp³-hybridized carbons (Fsp3) is 0.500. The van der Waals surface area contributed by atoms with Crippen molar-refractivity contribution in [3.8, 4) is 0 Å². The summed E-state index contributed by atoms with van der Waals surface area (Å²) < 4.78 is 11.0. The molecule has 0 aromatic heterocycles. The lowest BCUT2D eigenvalue weighted by atomic mass is 10.1. The molecule has 1 unspecified atom stereocenters. The van der Waals surface area contributed by atoms with Gasteiger partial charge in [0.1, 0.15) is 5.60 Å². The number of benzene rings is 1. The Morgan fingerprint density at radius 2 is 1.85 bits per heavy atom. The number of aliphatic hydroxyl groups is 1. The Balaban J connectivity index is 2.01. The Bertz CT molecular complexity index is 697. The number of hydrogen-bond acceptors (Lipinski definition) is 6. The van der Waals surface area contributed by atoms with Gasteiger partial charge in [-0.2, -0.15) is 0 Å². The van der Waals surface area contributed by atoms with E-state index in [1.807, 2.05) is 0 Å².